The van der Waals surface area contributed by atoms with Crippen LogP contribution >= 0.6 is 11.3 Å². The number of rotatable bonds is 8. The molecule has 1 aliphatic heterocycles. The summed E-state index contributed by atoms with van der Waals surface area (Å²) in [5.41, 5.74) is 3.07. The SMILES string of the molecule is COc1ccc(N=c2scc(-c3ccc(OC)c(OC)c3)n2CCN2CCOCC2)cc1. The minimum absolute atomic E-state index is 0.713. The lowest BCUT2D eigenvalue weighted by Gasteiger charge is -2.26. The first-order valence-corrected chi connectivity index (χ1v) is 11.5. The Bertz CT molecular complexity index is 1090. The van der Waals surface area contributed by atoms with Crippen LogP contribution < -0.4 is 19.0 Å². The van der Waals surface area contributed by atoms with Gasteiger partial charge in [0.25, 0.3) is 0 Å². The standard InChI is InChI=1S/C24H29N3O4S/c1-28-20-7-5-19(6-8-20)25-24-27(11-10-26-12-14-31-15-13-26)21(17-32-24)18-4-9-22(29-2)23(16-18)30-3/h4-9,16-17H,10-15H2,1-3H3. The zero-order valence-electron chi connectivity index (χ0n) is 18.7. The van der Waals surface area contributed by atoms with Crippen LogP contribution in [-0.4, -0.2) is 63.6 Å². The summed E-state index contributed by atoms with van der Waals surface area (Å²) in [4.78, 5) is 8.32. The van der Waals surface area contributed by atoms with Gasteiger partial charge in [-0.1, -0.05) is 0 Å². The number of methoxy groups -OCH3 is 3. The van der Waals surface area contributed by atoms with E-state index >= 15 is 0 Å². The molecule has 0 unspecified atom stereocenters. The van der Waals surface area contributed by atoms with Crippen LogP contribution in [0.4, 0.5) is 5.69 Å². The summed E-state index contributed by atoms with van der Waals surface area (Å²) < 4.78 is 24.0. The Morgan fingerprint density at radius 1 is 0.906 bits per heavy atom. The minimum atomic E-state index is 0.713. The Labute approximate surface area is 192 Å². The van der Waals surface area contributed by atoms with E-state index in [1.807, 2.05) is 36.4 Å². The van der Waals surface area contributed by atoms with Crippen LogP contribution in [0, 0.1) is 0 Å². The predicted molar refractivity (Wildman–Crippen MR) is 126 cm³/mol. The second-order valence-electron chi connectivity index (χ2n) is 7.39. The maximum absolute atomic E-state index is 5.53. The third-order valence-electron chi connectivity index (χ3n) is 5.52. The van der Waals surface area contributed by atoms with E-state index in [1.165, 1.54) is 0 Å². The molecule has 3 aromatic rings. The molecule has 1 aliphatic rings. The van der Waals surface area contributed by atoms with E-state index in [9.17, 15) is 0 Å². The molecule has 0 N–H and O–H groups in total. The Morgan fingerprint density at radius 3 is 2.34 bits per heavy atom. The largest absolute Gasteiger partial charge is 0.497 e. The average molecular weight is 456 g/mol. The summed E-state index contributed by atoms with van der Waals surface area (Å²) in [5.74, 6) is 2.25. The molecular formula is C24H29N3O4S. The van der Waals surface area contributed by atoms with E-state index in [0.29, 0.717) is 5.75 Å². The Balaban J connectivity index is 1.71. The lowest BCUT2D eigenvalue weighted by atomic mass is 10.1. The van der Waals surface area contributed by atoms with Gasteiger partial charge in [0.05, 0.1) is 45.9 Å². The van der Waals surface area contributed by atoms with Crippen molar-refractivity contribution in [1.82, 2.24) is 9.47 Å². The monoisotopic (exact) mass is 455 g/mol. The van der Waals surface area contributed by atoms with Crippen molar-refractivity contribution in [3.63, 3.8) is 0 Å². The van der Waals surface area contributed by atoms with E-state index in [-0.39, 0.29) is 0 Å². The second-order valence-corrected chi connectivity index (χ2v) is 8.23. The molecule has 0 spiro atoms. The number of aromatic nitrogens is 1. The lowest BCUT2D eigenvalue weighted by Crippen LogP contribution is -2.39. The van der Waals surface area contributed by atoms with Crippen molar-refractivity contribution in [2.24, 2.45) is 4.99 Å². The fraction of sp³-hybridized carbons (Fsp3) is 0.375. The molecule has 0 saturated carbocycles. The van der Waals surface area contributed by atoms with Gasteiger partial charge in [0.1, 0.15) is 5.75 Å². The molecule has 1 fully saturated rings. The minimum Gasteiger partial charge on any atom is -0.497 e. The molecule has 1 aromatic heterocycles. The van der Waals surface area contributed by atoms with Crippen molar-refractivity contribution in [3.8, 4) is 28.5 Å². The first kappa shape index (κ1) is 22.4. The van der Waals surface area contributed by atoms with Gasteiger partial charge in [0.2, 0.25) is 0 Å². The van der Waals surface area contributed by atoms with Gasteiger partial charge in [-0.25, -0.2) is 4.99 Å². The predicted octanol–water partition coefficient (Wildman–Crippen LogP) is 3.81. The highest BCUT2D eigenvalue weighted by Gasteiger charge is 2.15. The molecule has 0 radical (unpaired) electrons. The maximum Gasteiger partial charge on any atom is 0.190 e. The summed E-state index contributed by atoms with van der Waals surface area (Å²) in [5, 5.41) is 2.16. The molecule has 0 aliphatic carbocycles. The fourth-order valence-corrected chi connectivity index (χ4v) is 4.65. The number of nitrogens with zero attached hydrogens (tertiary/aromatic N) is 3. The van der Waals surface area contributed by atoms with Gasteiger partial charge in [0.15, 0.2) is 16.3 Å². The maximum atomic E-state index is 5.53. The lowest BCUT2D eigenvalue weighted by molar-refractivity contribution is 0.0363. The molecule has 8 heteroatoms. The topological polar surface area (TPSA) is 57.5 Å². The van der Waals surface area contributed by atoms with Gasteiger partial charge in [-0.05, 0) is 42.5 Å². The summed E-state index contributed by atoms with van der Waals surface area (Å²) in [6, 6.07) is 13.8. The molecule has 2 aromatic carbocycles. The van der Waals surface area contributed by atoms with Gasteiger partial charge in [-0.3, -0.25) is 4.90 Å². The molecule has 7 nitrogen and oxygen atoms in total. The fourth-order valence-electron chi connectivity index (χ4n) is 3.69. The number of morpholine rings is 1. The van der Waals surface area contributed by atoms with E-state index in [2.05, 4.69) is 20.9 Å². The number of benzene rings is 2. The smallest absolute Gasteiger partial charge is 0.190 e. The zero-order valence-corrected chi connectivity index (χ0v) is 19.6. The third-order valence-corrected chi connectivity index (χ3v) is 6.38. The van der Waals surface area contributed by atoms with Gasteiger partial charge in [0, 0.05) is 37.1 Å². The quantitative estimate of drug-likeness (QED) is 0.517. The Hall–Kier alpha value is -2.81. The first-order valence-electron chi connectivity index (χ1n) is 10.6. The molecule has 170 valence electrons. The Morgan fingerprint density at radius 2 is 1.66 bits per heavy atom. The van der Waals surface area contributed by atoms with Crippen molar-refractivity contribution in [2.75, 3.05) is 54.2 Å². The van der Waals surface area contributed by atoms with E-state index in [4.69, 9.17) is 23.9 Å². The summed E-state index contributed by atoms with van der Waals surface area (Å²) in [6.07, 6.45) is 0. The van der Waals surface area contributed by atoms with Gasteiger partial charge >= 0.3 is 0 Å². The zero-order chi connectivity index (χ0) is 22.3. The highest BCUT2D eigenvalue weighted by atomic mass is 32.1. The van der Waals surface area contributed by atoms with Crippen LogP contribution in [0.3, 0.4) is 0 Å². The van der Waals surface area contributed by atoms with Crippen LogP contribution in [0.15, 0.2) is 52.8 Å². The summed E-state index contributed by atoms with van der Waals surface area (Å²) in [6.45, 7) is 5.28. The van der Waals surface area contributed by atoms with Crippen molar-refractivity contribution >= 4 is 17.0 Å². The van der Waals surface area contributed by atoms with Gasteiger partial charge in [-0.15, -0.1) is 11.3 Å². The van der Waals surface area contributed by atoms with Crippen molar-refractivity contribution < 1.29 is 18.9 Å². The van der Waals surface area contributed by atoms with E-state index in [0.717, 1.165) is 72.6 Å². The number of hydrogen-bond donors (Lipinski definition) is 0. The van der Waals surface area contributed by atoms with Crippen molar-refractivity contribution in [1.29, 1.82) is 0 Å². The van der Waals surface area contributed by atoms with Crippen molar-refractivity contribution in [2.45, 2.75) is 6.54 Å². The normalized spacial score (nSPS) is 15.0. The van der Waals surface area contributed by atoms with E-state index in [1.54, 1.807) is 32.7 Å². The van der Waals surface area contributed by atoms with Crippen molar-refractivity contribution in [3.05, 3.63) is 52.6 Å². The third kappa shape index (κ3) is 5.15. The first-order chi connectivity index (χ1) is 15.7. The molecule has 0 atom stereocenters. The molecule has 0 amide bonds. The van der Waals surface area contributed by atoms with E-state index < -0.39 is 0 Å². The molecule has 2 heterocycles. The number of thiazole rings is 1. The number of hydrogen-bond acceptors (Lipinski definition) is 7. The highest BCUT2D eigenvalue weighted by molar-refractivity contribution is 7.07. The van der Waals surface area contributed by atoms with Crippen LogP contribution in [-0.2, 0) is 11.3 Å². The van der Waals surface area contributed by atoms with Crippen LogP contribution in [0.25, 0.3) is 11.3 Å². The average Bonchev–Trinajstić information content (AvgIpc) is 3.25. The van der Waals surface area contributed by atoms with Crippen LogP contribution in [0.1, 0.15) is 0 Å². The molecule has 0 bridgehead atoms. The number of ether oxygens (including phenoxy) is 4. The van der Waals surface area contributed by atoms with Gasteiger partial charge in [-0.2, -0.15) is 0 Å². The highest BCUT2D eigenvalue weighted by Crippen LogP contribution is 2.32. The Kier molecular flexibility index (Phi) is 7.47. The summed E-state index contributed by atoms with van der Waals surface area (Å²) in [7, 11) is 4.98. The molecule has 4 rings (SSSR count). The van der Waals surface area contributed by atoms with Gasteiger partial charge < -0.3 is 23.5 Å². The molecule has 32 heavy (non-hydrogen) atoms. The summed E-state index contributed by atoms with van der Waals surface area (Å²) >= 11 is 1.64. The molecule has 1 saturated heterocycles. The molecular weight excluding hydrogens is 426 g/mol. The second kappa shape index (κ2) is 10.7. The van der Waals surface area contributed by atoms with Crippen LogP contribution in [0.2, 0.25) is 0 Å². The van der Waals surface area contributed by atoms with Crippen LogP contribution in [0.5, 0.6) is 17.2 Å².